The standard InChI is InChI=1S/C14H13FIN3O/c1-8-6-9(2-4-12(8)19-17)14(20)18-13-5-3-10(15)7-11(13)16/h2-7,19H,17H2,1H3,(H,18,20). The van der Waals surface area contributed by atoms with Crippen molar-refractivity contribution in [2.45, 2.75) is 6.92 Å². The van der Waals surface area contributed by atoms with Crippen LogP contribution in [0.15, 0.2) is 36.4 Å². The minimum absolute atomic E-state index is 0.249. The number of halogens is 2. The zero-order valence-corrected chi connectivity index (χ0v) is 12.9. The molecule has 0 fully saturated rings. The maximum atomic E-state index is 13.0. The molecule has 0 radical (unpaired) electrons. The molecule has 0 aliphatic heterocycles. The van der Waals surface area contributed by atoms with Crippen LogP contribution in [0.3, 0.4) is 0 Å². The second-order valence-electron chi connectivity index (χ2n) is 4.25. The Morgan fingerprint density at radius 2 is 1.90 bits per heavy atom. The molecule has 104 valence electrons. The maximum Gasteiger partial charge on any atom is 0.255 e. The largest absolute Gasteiger partial charge is 0.324 e. The Hall–Kier alpha value is -1.67. The van der Waals surface area contributed by atoms with E-state index in [1.807, 2.05) is 29.5 Å². The average Bonchev–Trinajstić information content (AvgIpc) is 2.41. The molecule has 0 aliphatic carbocycles. The molecule has 1 amide bonds. The Kier molecular flexibility index (Phi) is 4.56. The number of hydrazine groups is 1. The van der Waals surface area contributed by atoms with Gasteiger partial charge >= 0.3 is 0 Å². The molecule has 0 saturated carbocycles. The van der Waals surface area contributed by atoms with Gasteiger partial charge < -0.3 is 10.7 Å². The lowest BCUT2D eigenvalue weighted by molar-refractivity contribution is 0.102. The van der Waals surface area contributed by atoms with E-state index in [1.165, 1.54) is 18.2 Å². The monoisotopic (exact) mass is 385 g/mol. The lowest BCUT2D eigenvalue weighted by atomic mass is 10.1. The fraction of sp³-hybridized carbons (Fsp3) is 0.0714. The van der Waals surface area contributed by atoms with E-state index in [-0.39, 0.29) is 11.7 Å². The smallest absolute Gasteiger partial charge is 0.255 e. The van der Waals surface area contributed by atoms with E-state index in [9.17, 15) is 9.18 Å². The molecule has 20 heavy (non-hydrogen) atoms. The van der Waals surface area contributed by atoms with Crippen molar-refractivity contribution in [3.05, 3.63) is 56.9 Å². The molecule has 0 aliphatic rings. The lowest BCUT2D eigenvalue weighted by Crippen LogP contribution is -2.14. The summed E-state index contributed by atoms with van der Waals surface area (Å²) < 4.78 is 13.7. The molecule has 2 aromatic carbocycles. The van der Waals surface area contributed by atoms with Gasteiger partial charge in [-0.15, -0.1) is 0 Å². The van der Waals surface area contributed by atoms with Crippen LogP contribution in [0.5, 0.6) is 0 Å². The predicted molar refractivity (Wildman–Crippen MR) is 86.1 cm³/mol. The van der Waals surface area contributed by atoms with Crippen molar-refractivity contribution in [2.75, 3.05) is 10.7 Å². The van der Waals surface area contributed by atoms with Gasteiger partial charge in [0.2, 0.25) is 0 Å². The number of benzene rings is 2. The van der Waals surface area contributed by atoms with Crippen LogP contribution >= 0.6 is 22.6 Å². The highest BCUT2D eigenvalue weighted by Crippen LogP contribution is 2.21. The second-order valence-corrected chi connectivity index (χ2v) is 5.41. The molecule has 4 nitrogen and oxygen atoms in total. The van der Waals surface area contributed by atoms with Crippen molar-refractivity contribution in [1.29, 1.82) is 0 Å². The minimum Gasteiger partial charge on any atom is -0.324 e. The molecule has 0 unspecified atom stereocenters. The zero-order chi connectivity index (χ0) is 14.7. The summed E-state index contributed by atoms with van der Waals surface area (Å²) in [5, 5.41) is 2.75. The summed E-state index contributed by atoms with van der Waals surface area (Å²) in [7, 11) is 0. The molecule has 0 heterocycles. The summed E-state index contributed by atoms with van der Waals surface area (Å²) in [6.07, 6.45) is 0. The van der Waals surface area contributed by atoms with Crippen molar-refractivity contribution in [1.82, 2.24) is 0 Å². The molecular weight excluding hydrogens is 372 g/mol. The van der Waals surface area contributed by atoms with Gasteiger partial charge in [0.25, 0.3) is 5.91 Å². The van der Waals surface area contributed by atoms with E-state index in [4.69, 9.17) is 5.84 Å². The van der Waals surface area contributed by atoms with Gasteiger partial charge in [-0.1, -0.05) is 0 Å². The van der Waals surface area contributed by atoms with Gasteiger partial charge in [0.1, 0.15) is 5.82 Å². The van der Waals surface area contributed by atoms with Gasteiger partial charge in [0.05, 0.1) is 11.4 Å². The first-order valence-corrected chi connectivity index (χ1v) is 6.93. The van der Waals surface area contributed by atoms with Crippen LogP contribution in [0.4, 0.5) is 15.8 Å². The van der Waals surface area contributed by atoms with Crippen LogP contribution in [-0.4, -0.2) is 5.91 Å². The number of hydrogen-bond acceptors (Lipinski definition) is 3. The maximum absolute atomic E-state index is 13.0. The van der Waals surface area contributed by atoms with E-state index in [0.717, 1.165) is 11.3 Å². The molecule has 0 bridgehead atoms. The second kappa shape index (κ2) is 6.19. The van der Waals surface area contributed by atoms with Crippen LogP contribution in [0.25, 0.3) is 0 Å². The normalized spacial score (nSPS) is 10.2. The highest BCUT2D eigenvalue weighted by atomic mass is 127. The van der Waals surface area contributed by atoms with E-state index >= 15 is 0 Å². The van der Waals surface area contributed by atoms with Crippen LogP contribution in [0.1, 0.15) is 15.9 Å². The first-order valence-electron chi connectivity index (χ1n) is 5.85. The van der Waals surface area contributed by atoms with Gasteiger partial charge in [-0.05, 0) is 71.5 Å². The van der Waals surface area contributed by atoms with Gasteiger partial charge in [0, 0.05) is 9.13 Å². The summed E-state index contributed by atoms with van der Waals surface area (Å²) >= 11 is 1.98. The summed E-state index contributed by atoms with van der Waals surface area (Å²) in [5.41, 5.74) is 5.28. The van der Waals surface area contributed by atoms with Crippen molar-refractivity contribution in [3.8, 4) is 0 Å². The molecule has 2 aromatic rings. The molecular formula is C14H13FIN3O. The number of nitrogens with one attached hydrogen (secondary N) is 2. The summed E-state index contributed by atoms with van der Waals surface area (Å²) in [4.78, 5) is 12.1. The number of carbonyl (C=O) groups excluding carboxylic acids is 1. The van der Waals surface area contributed by atoms with Crippen molar-refractivity contribution in [3.63, 3.8) is 0 Å². The van der Waals surface area contributed by atoms with Crippen LogP contribution < -0.4 is 16.6 Å². The summed E-state index contributed by atoms with van der Waals surface area (Å²) in [6.45, 7) is 1.85. The molecule has 4 N–H and O–H groups in total. The van der Waals surface area contributed by atoms with Crippen LogP contribution in [-0.2, 0) is 0 Å². The Morgan fingerprint density at radius 1 is 1.20 bits per heavy atom. The molecule has 0 spiro atoms. The Morgan fingerprint density at radius 3 is 2.50 bits per heavy atom. The fourth-order valence-corrected chi connectivity index (χ4v) is 2.36. The number of amides is 1. The number of nitrogen functional groups attached to an aromatic ring is 1. The number of carbonyl (C=O) groups is 1. The highest BCUT2D eigenvalue weighted by molar-refractivity contribution is 14.1. The quantitative estimate of drug-likeness (QED) is 0.432. The first-order chi connectivity index (χ1) is 9.51. The number of nitrogens with two attached hydrogens (primary N) is 1. The Labute approximate surface area is 129 Å². The Balaban J connectivity index is 2.21. The summed E-state index contributed by atoms with van der Waals surface area (Å²) in [6, 6.07) is 9.36. The topological polar surface area (TPSA) is 67.2 Å². The number of anilines is 2. The van der Waals surface area contributed by atoms with Crippen molar-refractivity contribution >= 4 is 39.9 Å². The molecule has 2 rings (SSSR count). The van der Waals surface area contributed by atoms with Gasteiger partial charge in [0.15, 0.2) is 0 Å². The summed E-state index contributed by atoms with van der Waals surface area (Å²) in [5.74, 6) is 4.77. The van der Waals surface area contributed by atoms with Crippen molar-refractivity contribution < 1.29 is 9.18 Å². The fourth-order valence-electron chi connectivity index (χ4n) is 1.75. The van der Waals surface area contributed by atoms with E-state index in [0.29, 0.717) is 14.8 Å². The van der Waals surface area contributed by atoms with Crippen LogP contribution in [0, 0.1) is 16.3 Å². The van der Waals surface area contributed by atoms with Crippen LogP contribution in [0.2, 0.25) is 0 Å². The number of hydrogen-bond donors (Lipinski definition) is 3. The predicted octanol–water partition coefficient (Wildman–Crippen LogP) is 3.28. The van der Waals surface area contributed by atoms with E-state index in [2.05, 4.69) is 10.7 Å². The molecule has 0 saturated heterocycles. The Bertz CT molecular complexity index is 661. The lowest BCUT2D eigenvalue weighted by Gasteiger charge is -2.10. The van der Waals surface area contributed by atoms with Gasteiger partial charge in [-0.25, -0.2) is 4.39 Å². The number of rotatable bonds is 3. The zero-order valence-electron chi connectivity index (χ0n) is 10.7. The van der Waals surface area contributed by atoms with E-state index in [1.54, 1.807) is 18.2 Å². The molecule has 0 aromatic heterocycles. The highest BCUT2D eigenvalue weighted by Gasteiger charge is 2.10. The van der Waals surface area contributed by atoms with E-state index < -0.39 is 0 Å². The SMILES string of the molecule is Cc1cc(C(=O)Nc2ccc(F)cc2I)ccc1NN. The van der Waals surface area contributed by atoms with Gasteiger partial charge in [-0.3, -0.25) is 10.6 Å². The van der Waals surface area contributed by atoms with Crippen molar-refractivity contribution in [2.24, 2.45) is 5.84 Å². The number of aryl methyl sites for hydroxylation is 1. The first kappa shape index (κ1) is 14.7. The third-order valence-electron chi connectivity index (χ3n) is 2.82. The molecule has 6 heteroatoms. The average molecular weight is 385 g/mol. The van der Waals surface area contributed by atoms with Gasteiger partial charge in [-0.2, -0.15) is 0 Å². The third kappa shape index (κ3) is 3.26. The third-order valence-corrected chi connectivity index (χ3v) is 3.72. The minimum atomic E-state index is -0.332. The molecule has 0 atom stereocenters.